The fourth-order valence-electron chi connectivity index (χ4n) is 2.88. The number of hydrogen-bond donors (Lipinski definition) is 1. The lowest BCUT2D eigenvalue weighted by Crippen LogP contribution is -2.45. The van der Waals surface area contributed by atoms with E-state index in [9.17, 15) is 18.0 Å². The third-order valence-corrected chi connectivity index (χ3v) is 5.29. The minimum absolute atomic E-state index is 0.0756. The van der Waals surface area contributed by atoms with Gasteiger partial charge < -0.3 is 5.32 Å². The molecule has 0 saturated heterocycles. The number of rotatable bonds is 3. The van der Waals surface area contributed by atoms with Crippen LogP contribution in [0.15, 0.2) is 30.5 Å². The van der Waals surface area contributed by atoms with Crippen LogP contribution in [0.1, 0.15) is 40.4 Å². The largest absolute Gasteiger partial charge is 0.417 e. The summed E-state index contributed by atoms with van der Waals surface area (Å²) in [5, 5.41) is 3.41. The van der Waals surface area contributed by atoms with Crippen molar-refractivity contribution in [3.05, 3.63) is 62.4 Å². The van der Waals surface area contributed by atoms with Gasteiger partial charge in [-0.1, -0.05) is 40.9 Å². The number of nitrogens with zero attached hydrogens (tertiary/aromatic N) is 1. The molecule has 3 nitrogen and oxygen atoms in total. The maximum absolute atomic E-state index is 12.7. The van der Waals surface area contributed by atoms with Gasteiger partial charge in [-0.2, -0.15) is 13.2 Å². The van der Waals surface area contributed by atoms with Gasteiger partial charge in [0.2, 0.25) is 0 Å². The van der Waals surface area contributed by atoms with E-state index in [0.29, 0.717) is 28.7 Å². The molecule has 1 amide bonds. The summed E-state index contributed by atoms with van der Waals surface area (Å²) in [6, 6.07) is 5.60. The minimum atomic E-state index is -4.58. The maximum Gasteiger partial charge on any atom is 0.417 e. The molecule has 0 spiro atoms. The molecular weight excluding hydrogens is 412 g/mol. The molecule has 26 heavy (non-hydrogen) atoms. The molecule has 1 aliphatic rings. The van der Waals surface area contributed by atoms with E-state index in [4.69, 9.17) is 34.8 Å². The summed E-state index contributed by atoms with van der Waals surface area (Å²) in [6.07, 6.45) is -2.52. The Balaban J connectivity index is 1.77. The van der Waals surface area contributed by atoms with Gasteiger partial charge in [0, 0.05) is 28.2 Å². The average Bonchev–Trinajstić information content (AvgIpc) is 2.53. The minimum Gasteiger partial charge on any atom is -0.347 e. The van der Waals surface area contributed by atoms with Crippen LogP contribution in [0.25, 0.3) is 0 Å². The van der Waals surface area contributed by atoms with Gasteiger partial charge in [0.1, 0.15) is 5.69 Å². The molecule has 1 N–H and O–H groups in total. The zero-order valence-corrected chi connectivity index (χ0v) is 15.3. The lowest BCUT2D eigenvalue weighted by atomic mass is 9.75. The number of carbonyl (C=O) groups excluding carboxylic acids is 1. The van der Waals surface area contributed by atoms with E-state index in [2.05, 4.69) is 10.3 Å². The number of pyridine rings is 1. The Morgan fingerprint density at radius 2 is 1.77 bits per heavy atom. The fourth-order valence-corrected chi connectivity index (χ4v) is 3.81. The highest BCUT2D eigenvalue weighted by molar-refractivity contribution is 6.36. The second kappa shape index (κ2) is 7.25. The molecule has 3 rings (SSSR count). The Bertz CT molecular complexity index is 837. The van der Waals surface area contributed by atoms with Gasteiger partial charge >= 0.3 is 6.18 Å². The van der Waals surface area contributed by atoms with Crippen molar-refractivity contribution in [2.75, 3.05) is 0 Å². The molecule has 1 aliphatic carbocycles. The van der Waals surface area contributed by atoms with Crippen molar-refractivity contribution in [2.45, 2.75) is 31.0 Å². The van der Waals surface area contributed by atoms with Gasteiger partial charge in [-0.3, -0.25) is 4.79 Å². The van der Waals surface area contributed by atoms with E-state index in [1.165, 1.54) is 0 Å². The smallest absolute Gasteiger partial charge is 0.347 e. The molecule has 1 saturated carbocycles. The normalized spacial score (nSPS) is 19.8. The summed E-state index contributed by atoms with van der Waals surface area (Å²) >= 11 is 18.2. The first-order valence-electron chi connectivity index (χ1n) is 7.66. The van der Waals surface area contributed by atoms with E-state index >= 15 is 0 Å². The first-order valence-corrected chi connectivity index (χ1v) is 8.79. The maximum atomic E-state index is 12.7. The van der Waals surface area contributed by atoms with Crippen LogP contribution in [0.4, 0.5) is 13.2 Å². The summed E-state index contributed by atoms with van der Waals surface area (Å²) in [6.45, 7) is 0. The number of aromatic nitrogens is 1. The molecular formula is C17H12Cl3F3N2O. The summed E-state index contributed by atoms with van der Waals surface area (Å²) in [4.78, 5) is 15.9. The summed E-state index contributed by atoms with van der Waals surface area (Å²) in [5.41, 5.74) is -0.516. The van der Waals surface area contributed by atoms with Gasteiger partial charge in [-0.15, -0.1) is 0 Å². The van der Waals surface area contributed by atoms with Crippen molar-refractivity contribution in [3.8, 4) is 0 Å². The fraction of sp³-hybridized carbons (Fsp3) is 0.294. The highest BCUT2D eigenvalue weighted by atomic mass is 35.5. The number of amides is 1. The molecule has 1 heterocycles. The monoisotopic (exact) mass is 422 g/mol. The highest BCUT2D eigenvalue weighted by Crippen LogP contribution is 2.43. The standard InChI is InChI=1S/C17H12Cl3F3N2O/c18-10-2-1-3-11(19)14(10)9-4-5-13(9)25-16(26)15-12(20)6-8(7-24-15)17(21,22)23/h1-3,6-7,9,13H,4-5H2,(H,25,26)/t9-,13+/m0/s1. The number of benzene rings is 1. The van der Waals surface area contributed by atoms with Crippen LogP contribution in [0.3, 0.4) is 0 Å². The second-order valence-electron chi connectivity index (χ2n) is 5.95. The van der Waals surface area contributed by atoms with Crippen molar-refractivity contribution in [1.29, 1.82) is 0 Å². The van der Waals surface area contributed by atoms with Crippen molar-refractivity contribution in [3.63, 3.8) is 0 Å². The molecule has 1 aromatic carbocycles. The van der Waals surface area contributed by atoms with Gasteiger partial charge in [0.05, 0.1) is 10.6 Å². The van der Waals surface area contributed by atoms with E-state index in [1.54, 1.807) is 18.2 Å². The SMILES string of the molecule is O=C(N[C@@H]1CC[C@@H]1c1c(Cl)cccc1Cl)c1ncc(C(F)(F)F)cc1Cl. The van der Waals surface area contributed by atoms with Crippen LogP contribution in [0, 0.1) is 0 Å². The first-order chi connectivity index (χ1) is 12.2. The lowest BCUT2D eigenvalue weighted by Gasteiger charge is -2.38. The van der Waals surface area contributed by atoms with E-state index in [0.717, 1.165) is 12.0 Å². The van der Waals surface area contributed by atoms with Gasteiger partial charge in [-0.25, -0.2) is 4.98 Å². The Morgan fingerprint density at radius 3 is 2.27 bits per heavy atom. The molecule has 2 atom stereocenters. The van der Waals surface area contributed by atoms with E-state index < -0.39 is 17.6 Å². The Labute approximate surface area is 162 Å². The van der Waals surface area contributed by atoms with E-state index in [-0.39, 0.29) is 22.7 Å². The molecule has 1 aromatic heterocycles. The Kier molecular flexibility index (Phi) is 5.37. The van der Waals surface area contributed by atoms with Crippen molar-refractivity contribution >= 4 is 40.7 Å². The second-order valence-corrected chi connectivity index (χ2v) is 7.17. The summed E-state index contributed by atoms with van der Waals surface area (Å²) < 4.78 is 38.0. The van der Waals surface area contributed by atoms with Crippen LogP contribution in [0.5, 0.6) is 0 Å². The zero-order valence-electron chi connectivity index (χ0n) is 13.1. The zero-order chi connectivity index (χ0) is 19.1. The Hall–Kier alpha value is -1.50. The first kappa shape index (κ1) is 19.3. The quantitative estimate of drug-likeness (QED) is 0.684. The molecule has 0 unspecified atom stereocenters. The van der Waals surface area contributed by atoms with E-state index in [1.807, 2.05) is 0 Å². The molecule has 0 radical (unpaired) electrons. The molecule has 2 aromatic rings. The van der Waals surface area contributed by atoms with Crippen LogP contribution in [0.2, 0.25) is 15.1 Å². The number of halogens is 6. The van der Waals surface area contributed by atoms with Crippen LogP contribution >= 0.6 is 34.8 Å². The summed E-state index contributed by atoms with van der Waals surface area (Å²) in [5.74, 6) is -0.713. The number of alkyl halides is 3. The molecule has 1 fully saturated rings. The molecule has 0 aliphatic heterocycles. The highest BCUT2D eigenvalue weighted by Gasteiger charge is 2.37. The van der Waals surface area contributed by atoms with Gasteiger partial charge in [0.15, 0.2) is 0 Å². The molecule has 138 valence electrons. The molecule has 9 heteroatoms. The Morgan fingerprint density at radius 1 is 1.12 bits per heavy atom. The molecule has 0 bridgehead atoms. The van der Waals surface area contributed by atoms with Crippen LogP contribution in [-0.2, 0) is 6.18 Å². The van der Waals surface area contributed by atoms with Crippen LogP contribution < -0.4 is 5.32 Å². The average molecular weight is 424 g/mol. The van der Waals surface area contributed by atoms with Gasteiger partial charge in [-0.05, 0) is 36.6 Å². The third kappa shape index (κ3) is 3.77. The topological polar surface area (TPSA) is 42.0 Å². The number of carbonyl (C=O) groups is 1. The lowest BCUT2D eigenvalue weighted by molar-refractivity contribution is -0.137. The predicted molar refractivity (Wildman–Crippen MR) is 93.9 cm³/mol. The number of hydrogen-bond acceptors (Lipinski definition) is 2. The van der Waals surface area contributed by atoms with Gasteiger partial charge in [0.25, 0.3) is 5.91 Å². The third-order valence-electron chi connectivity index (χ3n) is 4.34. The van der Waals surface area contributed by atoms with Crippen molar-refractivity contribution in [2.24, 2.45) is 0 Å². The summed E-state index contributed by atoms with van der Waals surface area (Å²) in [7, 11) is 0. The van der Waals surface area contributed by atoms with Crippen LogP contribution in [-0.4, -0.2) is 16.9 Å². The number of nitrogens with one attached hydrogen (secondary N) is 1. The predicted octanol–water partition coefficient (Wildman–Crippen LogP) is 5.74. The van der Waals surface area contributed by atoms with Crippen molar-refractivity contribution < 1.29 is 18.0 Å². The van der Waals surface area contributed by atoms with Crippen molar-refractivity contribution in [1.82, 2.24) is 10.3 Å².